The van der Waals surface area contributed by atoms with Crippen LogP contribution in [0.5, 0.6) is 5.75 Å². The highest BCUT2D eigenvalue weighted by atomic mass is 16.5. The first-order valence-electron chi connectivity index (χ1n) is 11.5. The average Bonchev–Trinajstić information content (AvgIpc) is 2.89. The molecule has 5 amide bonds. The van der Waals surface area contributed by atoms with Crippen LogP contribution >= 0.6 is 0 Å². The number of hydrogen-bond acceptors (Lipinski definition) is 6. The number of ether oxygens (including phenoxy) is 1. The Labute approximate surface area is 202 Å². The monoisotopic (exact) mass is 480 g/mol. The van der Waals surface area contributed by atoms with Gasteiger partial charge in [-0.15, -0.1) is 0 Å². The molecule has 2 saturated heterocycles. The standard InChI is InChI=1S/C24H28N6O5/c1-35-18-7-2-6-17(13-18)27-24(34)29-11-12-30(23(33)16-5-3-9-25-14-16)20(15-29)22(32)28-19-8-4-10-26-21(19)31/h2-3,5-7,9,13-14,19-20H,4,8,10-12,15H2,1H3,(H,26,31)(H,27,34)(H,28,32). The average molecular weight is 481 g/mol. The second kappa shape index (κ2) is 10.9. The third kappa shape index (κ3) is 5.68. The van der Waals surface area contributed by atoms with Gasteiger partial charge in [-0.25, -0.2) is 4.79 Å². The number of hydrogen-bond donors (Lipinski definition) is 3. The zero-order valence-electron chi connectivity index (χ0n) is 19.4. The van der Waals surface area contributed by atoms with Gasteiger partial charge in [-0.3, -0.25) is 19.4 Å². The van der Waals surface area contributed by atoms with E-state index < -0.39 is 24.0 Å². The molecule has 0 radical (unpaired) electrons. The molecule has 2 atom stereocenters. The van der Waals surface area contributed by atoms with Gasteiger partial charge in [0.2, 0.25) is 11.8 Å². The minimum absolute atomic E-state index is 0.0258. The lowest BCUT2D eigenvalue weighted by Crippen LogP contribution is -2.64. The molecule has 0 bridgehead atoms. The predicted octanol–water partition coefficient (Wildman–Crippen LogP) is 0.844. The van der Waals surface area contributed by atoms with Crippen LogP contribution in [0.25, 0.3) is 0 Å². The summed E-state index contributed by atoms with van der Waals surface area (Å²) in [6, 6.07) is 8.16. The first-order valence-corrected chi connectivity index (χ1v) is 11.5. The number of nitrogens with one attached hydrogen (secondary N) is 3. The maximum Gasteiger partial charge on any atom is 0.321 e. The number of nitrogens with zero attached hydrogens (tertiary/aromatic N) is 3. The van der Waals surface area contributed by atoms with Gasteiger partial charge in [0.1, 0.15) is 17.8 Å². The van der Waals surface area contributed by atoms with Crippen LogP contribution in [0.2, 0.25) is 0 Å². The number of urea groups is 1. The number of carbonyl (C=O) groups excluding carboxylic acids is 4. The van der Waals surface area contributed by atoms with E-state index in [-0.39, 0.29) is 31.4 Å². The number of anilines is 1. The first-order chi connectivity index (χ1) is 17.0. The van der Waals surface area contributed by atoms with Crippen molar-refractivity contribution in [3.63, 3.8) is 0 Å². The predicted molar refractivity (Wildman–Crippen MR) is 127 cm³/mol. The molecule has 11 heteroatoms. The Bertz CT molecular complexity index is 1090. The smallest absolute Gasteiger partial charge is 0.321 e. The summed E-state index contributed by atoms with van der Waals surface area (Å²) in [5.41, 5.74) is 0.887. The summed E-state index contributed by atoms with van der Waals surface area (Å²) in [7, 11) is 1.54. The summed E-state index contributed by atoms with van der Waals surface area (Å²) in [5.74, 6) is -0.502. The molecule has 3 heterocycles. The van der Waals surface area contributed by atoms with Gasteiger partial charge in [-0.2, -0.15) is 0 Å². The summed E-state index contributed by atoms with van der Waals surface area (Å²) in [6.45, 7) is 0.921. The van der Waals surface area contributed by atoms with Crippen molar-refractivity contribution in [1.29, 1.82) is 0 Å². The minimum atomic E-state index is -0.970. The normalized spacial score (nSPS) is 20.0. The van der Waals surface area contributed by atoms with Crippen molar-refractivity contribution in [1.82, 2.24) is 25.4 Å². The lowest BCUT2D eigenvalue weighted by molar-refractivity contribution is -0.133. The molecule has 11 nitrogen and oxygen atoms in total. The van der Waals surface area contributed by atoms with E-state index in [0.29, 0.717) is 30.0 Å². The number of carbonyl (C=O) groups is 4. The summed E-state index contributed by atoms with van der Waals surface area (Å²) in [5, 5.41) is 8.31. The second-order valence-corrected chi connectivity index (χ2v) is 8.36. The first kappa shape index (κ1) is 24.0. The Morgan fingerprint density at radius 1 is 1.17 bits per heavy atom. The maximum atomic E-state index is 13.3. The zero-order valence-corrected chi connectivity index (χ0v) is 19.4. The molecule has 2 aromatic rings. The van der Waals surface area contributed by atoms with Gasteiger partial charge in [0.25, 0.3) is 5.91 Å². The highest BCUT2D eigenvalue weighted by molar-refractivity contribution is 5.99. The number of piperazine rings is 1. The lowest BCUT2D eigenvalue weighted by atomic mass is 10.0. The van der Waals surface area contributed by atoms with Crippen molar-refractivity contribution in [2.24, 2.45) is 0 Å². The molecule has 2 aliphatic rings. The number of amides is 5. The Morgan fingerprint density at radius 2 is 2.03 bits per heavy atom. The molecule has 0 aliphatic carbocycles. The lowest BCUT2D eigenvalue weighted by Gasteiger charge is -2.41. The highest BCUT2D eigenvalue weighted by Gasteiger charge is 2.39. The van der Waals surface area contributed by atoms with E-state index in [1.54, 1.807) is 42.6 Å². The number of pyridine rings is 1. The van der Waals surface area contributed by atoms with E-state index in [9.17, 15) is 19.2 Å². The van der Waals surface area contributed by atoms with Crippen LogP contribution in [-0.4, -0.2) is 83.9 Å². The Balaban J connectivity index is 1.51. The van der Waals surface area contributed by atoms with Crippen molar-refractivity contribution in [2.75, 3.05) is 38.6 Å². The number of rotatable bonds is 5. The largest absolute Gasteiger partial charge is 0.497 e. The molecule has 2 unspecified atom stereocenters. The van der Waals surface area contributed by atoms with Gasteiger partial charge in [-0.1, -0.05) is 6.07 Å². The molecular formula is C24H28N6O5. The summed E-state index contributed by atoms with van der Waals surface area (Å²) >= 11 is 0. The van der Waals surface area contributed by atoms with E-state index in [0.717, 1.165) is 6.42 Å². The number of benzene rings is 1. The fourth-order valence-corrected chi connectivity index (χ4v) is 4.17. The Morgan fingerprint density at radius 3 is 2.77 bits per heavy atom. The van der Waals surface area contributed by atoms with Crippen LogP contribution in [0, 0.1) is 0 Å². The number of methoxy groups -OCH3 is 1. The third-order valence-corrected chi connectivity index (χ3v) is 6.06. The van der Waals surface area contributed by atoms with E-state index >= 15 is 0 Å². The number of aromatic nitrogens is 1. The molecular weight excluding hydrogens is 452 g/mol. The molecule has 2 aliphatic heterocycles. The van der Waals surface area contributed by atoms with Crippen molar-refractivity contribution in [2.45, 2.75) is 24.9 Å². The van der Waals surface area contributed by atoms with Gasteiger partial charge in [-0.05, 0) is 37.1 Å². The van der Waals surface area contributed by atoms with Crippen molar-refractivity contribution in [3.8, 4) is 5.75 Å². The molecule has 1 aromatic heterocycles. The van der Waals surface area contributed by atoms with Gasteiger partial charge in [0.15, 0.2) is 0 Å². The Hall–Kier alpha value is -4.15. The molecule has 184 valence electrons. The molecule has 4 rings (SSSR count). The fraction of sp³-hybridized carbons (Fsp3) is 0.375. The third-order valence-electron chi connectivity index (χ3n) is 6.06. The molecule has 0 saturated carbocycles. The van der Waals surface area contributed by atoms with Crippen molar-refractivity contribution >= 4 is 29.4 Å². The van der Waals surface area contributed by atoms with Crippen LogP contribution < -0.4 is 20.7 Å². The van der Waals surface area contributed by atoms with E-state index in [4.69, 9.17) is 4.74 Å². The van der Waals surface area contributed by atoms with E-state index in [1.807, 2.05) is 0 Å². The summed E-state index contributed by atoms with van der Waals surface area (Å²) in [4.78, 5) is 58.6. The molecule has 1 aromatic carbocycles. The van der Waals surface area contributed by atoms with Gasteiger partial charge in [0.05, 0.1) is 19.2 Å². The van der Waals surface area contributed by atoms with E-state index in [1.165, 1.54) is 23.1 Å². The minimum Gasteiger partial charge on any atom is -0.497 e. The SMILES string of the molecule is COc1cccc(NC(=O)N2CCN(C(=O)c3cccnc3)C(C(=O)NC3CCCNC3=O)C2)c1. The topological polar surface area (TPSA) is 133 Å². The fourth-order valence-electron chi connectivity index (χ4n) is 4.17. The maximum absolute atomic E-state index is 13.3. The van der Waals surface area contributed by atoms with E-state index in [2.05, 4.69) is 20.9 Å². The molecule has 2 fully saturated rings. The van der Waals surface area contributed by atoms with Crippen LogP contribution in [0.3, 0.4) is 0 Å². The molecule has 3 N–H and O–H groups in total. The highest BCUT2D eigenvalue weighted by Crippen LogP contribution is 2.19. The second-order valence-electron chi connectivity index (χ2n) is 8.36. The van der Waals surface area contributed by atoms with Crippen LogP contribution in [-0.2, 0) is 9.59 Å². The van der Waals surface area contributed by atoms with Crippen molar-refractivity contribution < 1.29 is 23.9 Å². The van der Waals surface area contributed by atoms with Gasteiger partial charge < -0.3 is 30.5 Å². The zero-order chi connectivity index (χ0) is 24.8. The summed E-state index contributed by atoms with van der Waals surface area (Å²) in [6.07, 6.45) is 4.26. The van der Waals surface area contributed by atoms with Gasteiger partial charge in [0, 0.05) is 43.8 Å². The quantitative estimate of drug-likeness (QED) is 0.581. The van der Waals surface area contributed by atoms with Crippen LogP contribution in [0.4, 0.5) is 10.5 Å². The van der Waals surface area contributed by atoms with Gasteiger partial charge >= 0.3 is 6.03 Å². The van der Waals surface area contributed by atoms with Crippen molar-refractivity contribution in [3.05, 3.63) is 54.4 Å². The number of piperidine rings is 1. The van der Waals surface area contributed by atoms with Crippen LogP contribution in [0.15, 0.2) is 48.8 Å². The van der Waals surface area contributed by atoms with Crippen LogP contribution in [0.1, 0.15) is 23.2 Å². The summed E-state index contributed by atoms with van der Waals surface area (Å²) < 4.78 is 5.19. The Kier molecular flexibility index (Phi) is 7.44. The molecule has 35 heavy (non-hydrogen) atoms. The molecule has 0 spiro atoms.